The van der Waals surface area contributed by atoms with Gasteiger partial charge in [0.1, 0.15) is 5.75 Å². The lowest BCUT2D eigenvalue weighted by molar-refractivity contribution is -0.123. The van der Waals surface area contributed by atoms with Crippen LogP contribution in [-0.4, -0.2) is 35.3 Å². The molecular formula is C16H24N2O3. The average Bonchev–Trinajstić information content (AvgIpc) is 2.96. The van der Waals surface area contributed by atoms with Crippen LogP contribution >= 0.6 is 0 Å². The van der Waals surface area contributed by atoms with Gasteiger partial charge in [0.05, 0.1) is 12.6 Å². The van der Waals surface area contributed by atoms with Crippen molar-refractivity contribution in [2.75, 3.05) is 13.2 Å². The maximum Gasteiger partial charge on any atom is 0.237 e. The number of rotatable bonds is 6. The van der Waals surface area contributed by atoms with E-state index in [1.165, 1.54) is 0 Å². The number of hydrogen-bond donors (Lipinski definition) is 4. The molecule has 1 aromatic rings. The molecule has 21 heavy (non-hydrogen) atoms. The molecular weight excluding hydrogens is 268 g/mol. The third kappa shape index (κ3) is 4.19. The van der Waals surface area contributed by atoms with Crippen LogP contribution in [0.15, 0.2) is 24.3 Å². The molecule has 0 spiro atoms. The first kappa shape index (κ1) is 15.8. The predicted octanol–water partition coefficient (Wildman–Crippen LogP) is 0.931. The second kappa shape index (κ2) is 6.91. The fourth-order valence-electron chi connectivity index (χ4n) is 2.90. The highest BCUT2D eigenvalue weighted by Gasteiger charge is 2.33. The molecule has 116 valence electrons. The van der Waals surface area contributed by atoms with E-state index >= 15 is 0 Å². The quantitative estimate of drug-likeness (QED) is 0.627. The van der Waals surface area contributed by atoms with Gasteiger partial charge in [-0.25, -0.2) is 0 Å². The van der Waals surface area contributed by atoms with Gasteiger partial charge in [-0.2, -0.15) is 0 Å². The molecule has 1 amide bonds. The largest absolute Gasteiger partial charge is 0.508 e. The number of hydrogen-bond acceptors (Lipinski definition) is 4. The minimum atomic E-state index is -0.619. The van der Waals surface area contributed by atoms with Crippen molar-refractivity contribution in [3.05, 3.63) is 29.8 Å². The number of nitrogens with one attached hydrogen (secondary N) is 1. The summed E-state index contributed by atoms with van der Waals surface area (Å²) in [4.78, 5) is 12.1. The molecule has 1 aliphatic rings. The Kier molecular flexibility index (Phi) is 5.20. The summed E-state index contributed by atoms with van der Waals surface area (Å²) in [7, 11) is 0. The van der Waals surface area contributed by atoms with Gasteiger partial charge in [-0.15, -0.1) is 0 Å². The minimum absolute atomic E-state index is 0.112. The van der Waals surface area contributed by atoms with Crippen LogP contribution in [0.3, 0.4) is 0 Å². The van der Waals surface area contributed by atoms with Gasteiger partial charge in [0.15, 0.2) is 0 Å². The van der Waals surface area contributed by atoms with Gasteiger partial charge < -0.3 is 21.3 Å². The predicted molar refractivity (Wildman–Crippen MR) is 80.8 cm³/mol. The zero-order valence-electron chi connectivity index (χ0n) is 12.2. The van der Waals surface area contributed by atoms with Gasteiger partial charge >= 0.3 is 0 Å². The first-order chi connectivity index (χ1) is 10.0. The molecule has 5 nitrogen and oxygen atoms in total. The third-order valence-electron chi connectivity index (χ3n) is 4.37. The molecule has 0 aliphatic heterocycles. The van der Waals surface area contributed by atoms with Gasteiger partial charge in [-0.05, 0) is 37.0 Å². The molecule has 1 aliphatic carbocycles. The van der Waals surface area contributed by atoms with Gasteiger partial charge in [0, 0.05) is 12.0 Å². The maximum absolute atomic E-state index is 12.1. The Hall–Kier alpha value is -1.59. The molecule has 0 heterocycles. The molecule has 0 saturated heterocycles. The molecule has 1 fully saturated rings. The van der Waals surface area contributed by atoms with Crippen LogP contribution in [0, 0.1) is 5.41 Å². The van der Waals surface area contributed by atoms with Crippen molar-refractivity contribution in [2.45, 2.75) is 38.1 Å². The number of amides is 1. The van der Waals surface area contributed by atoms with E-state index in [2.05, 4.69) is 5.32 Å². The van der Waals surface area contributed by atoms with Crippen molar-refractivity contribution in [3.8, 4) is 5.75 Å². The number of carbonyl (C=O) groups is 1. The second-order valence-electron chi connectivity index (χ2n) is 6.06. The molecule has 2 rings (SSSR count). The van der Waals surface area contributed by atoms with Gasteiger partial charge in [0.25, 0.3) is 0 Å². The number of aliphatic hydroxyl groups is 1. The lowest BCUT2D eigenvalue weighted by Crippen LogP contribution is -2.46. The third-order valence-corrected chi connectivity index (χ3v) is 4.37. The van der Waals surface area contributed by atoms with E-state index in [0.29, 0.717) is 13.0 Å². The van der Waals surface area contributed by atoms with E-state index in [0.717, 1.165) is 31.2 Å². The molecule has 0 bridgehead atoms. The number of aliphatic hydroxyl groups excluding tert-OH is 1. The van der Waals surface area contributed by atoms with Gasteiger partial charge in [-0.1, -0.05) is 25.0 Å². The van der Waals surface area contributed by atoms with Gasteiger partial charge in [0.2, 0.25) is 5.91 Å². The SMILES string of the molecule is N[C@@H](Cc1ccc(O)cc1)C(=O)NCC1(CO)CCCC1. The topological polar surface area (TPSA) is 95.6 Å². The smallest absolute Gasteiger partial charge is 0.237 e. The monoisotopic (exact) mass is 292 g/mol. The second-order valence-corrected chi connectivity index (χ2v) is 6.06. The Morgan fingerprint density at radius 3 is 2.48 bits per heavy atom. The van der Waals surface area contributed by atoms with Crippen LogP contribution in [-0.2, 0) is 11.2 Å². The van der Waals surface area contributed by atoms with Crippen LogP contribution in [0.1, 0.15) is 31.2 Å². The van der Waals surface area contributed by atoms with Crippen molar-refractivity contribution in [1.82, 2.24) is 5.32 Å². The van der Waals surface area contributed by atoms with E-state index < -0.39 is 6.04 Å². The summed E-state index contributed by atoms with van der Waals surface area (Å²) < 4.78 is 0. The molecule has 0 aromatic heterocycles. The summed E-state index contributed by atoms with van der Waals surface area (Å²) in [6.07, 6.45) is 4.55. The minimum Gasteiger partial charge on any atom is -0.508 e. The number of benzene rings is 1. The van der Waals surface area contributed by atoms with Crippen LogP contribution < -0.4 is 11.1 Å². The van der Waals surface area contributed by atoms with Crippen molar-refractivity contribution >= 4 is 5.91 Å². The Bertz CT molecular complexity index is 467. The first-order valence-electron chi connectivity index (χ1n) is 7.47. The summed E-state index contributed by atoms with van der Waals surface area (Å²) in [6.45, 7) is 0.603. The van der Waals surface area contributed by atoms with E-state index in [9.17, 15) is 15.0 Å². The summed E-state index contributed by atoms with van der Waals surface area (Å²) in [5.41, 5.74) is 6.67. The highest BCUT2D eigenvalue weighted by Crippen LogP contribution is 2.36. The Morgan fingerprint density at radius 1 is 1.29 bits per heavy atom. The van der Waals surface area contributed by atoms with Gasteiger partial charge in [-0.3, -0.25) is 4.79 Å². The summed E-state index contributed by atoms with van der Waals surface area (Å²) in [5.74, 6) is 0.00527. The normalized spacial score (nSPS) is 18.4. The number of carbonyl (C=O) groups excluding carboxylic acids is 1. The van der Waals surface area contributed by atoms with E-state index in [4.69, 9.17) is 5.73 Å². The zero-order chi connectivity index (χ0) is 15.3. The number of phenolic OH excluding ortho intramolecular Hbond substituents is 1. The molecule has 1 aromatic carbocycles. The number of aromatic hydroxyl groups is 1. The lowest BCUT2D eigenvalue weighted by Gasteiger charge is -2.27. The zero-order valence-corrected chi connectivity index (χ0v) is 12.2. The molecule has 5 N–H and O–H groups in total. The highest BCUT2D eigenvalue weighted by atomic mass is 16.3. The van der Waals surface area contributed by atoms with E-state index in [-0.39, 0.29) is 23.7 Å². The van der Waals surface area contributed by atoms with Crippen molar-refractivity contribution in [1.29, 1.82) is 0 Å². The van der Waals surface area contributed by atoms with Crippen LogP contribution in [0.4, 0.5) is 0 Å². The molecule has 1 saturated carbocycles. The number of phenols is 1. The number of nitrogens with two attached hydrogens (primary N) is 1. The fraction of sp³-hybridized carbons (Fsp3) is 0.562. The summed E-state index contributed by atoms with van der Waals surface area (Å²) in [6, 6.07) is 6.06. The van der Waals surface area contributed by atoms with Crippen LogP contribution in [0.2, 0.25) is 0 Å². The summed E-state index contributed by atoms with van der Waals surface area (Å²) >= 11 is 0. The Labute approximate surface area is 125 Å². The summed E-state index contributed by atoms with van der Waals surface area (Å²) in [5, 5.41) is 21.6. The highest BCUT2D eigenvalue weighted by molar-refractivity contribution is 5.81. The molecule has 0 unspecified atom stereocenters. The standard InChI is InChI=1S/C16H24N2O3/c17-14(9-12-3-5-13(20)6-4-12)15(21)18-10-16(11-19)7-1-2-8-16/h3-6,14,19-20H,1-2,7-11,17H2,(H,18,21)/t14-/m0/s1. The van der Waals surface area contributed by atoms with Crippen molar-refractivity contribution in [2.24, 2.45) is 11.1 Å². The van der Waals surface area contributed by atoms with Crippen LogP contribution in [0.5, 0.6) is 5.75 Å². The molecule has 1 atom stereocenters. The lowest BCUT2D eigenvalue weighted by atomic mass is 9.87. The average molecular weight is 292 g/mol. The van der Waals surface area contributed by atoms with Crippen molar-refractivity contribution < 1.29 is 15.0 Å². The molecule has 0 radical (unpaired) electrons. The first-order valence-corrected chi connectivity index (χ1v) is 7.47. The molecule has 5 heteroatoms. The van der Waals surface area contributed by atoms with Crippen LogP contribution in [0.25, 0.3) is 0 Å². The fourth-order valence-corrected chi connectivity index (χ4v) is 2.90. The Morgan fingerprint density at radius 2 is 1.90 bits per heavy atom. The van der Waals surface area contributed by atoms with E-state index in [1.807, 2.05) is 0 Å². The Balaban J connectivity index is 1.83. The van der Waals surface area contributed by atoms with E-state index in [1.54, 1.807) is 24.3 Å². The van der Waals surface area contributed by atoms with Crippen molar-refractivity contribution in [3.63, 3.8) is 0 Å². The maximum atomic E-state index is 12.1.